The average molecular weight is 379 g/mol. The van der Waals surface area contributed by atoms with E-state index >= 15 is 0 Å². The van der Waals surface area contributed by atoms with E-state index in [0.29, 0.717) is 12.0 Å². The van der Waals surface area contributed by atoms with Crippen molar-refractivity contribution in [2.24, 2.45) is 0 Å². The first-order chi connectivity index (χ1) is 11.1. The molecular weight excluding hydrogens is 356 g/mol. The van der Waals surface area contributed by atoms with Crippen molar-refractivity contribution >= 4 is 15.9 Å². The minimum atomic E-state index is 0.329. The van der Waals surface area contributed by atoms with Crippen LogP contribution in [0.5, 0.6) is 5.75 Å². The number of benzene rings is 1. The summed E-state index contributed by atoms with van der Waals surface area (Å²) in [5.41, 5.74) is 2.25. The maximum atomic E-state index is 5.51. The highest BCUT2D eigenvalue weighted by Gasteiger charge is 2.29. The van der Waals surface area contributed by atoms with Gasteiger partial charge in [0.15, 0.2) is 0 Å². The molecule has 0 spiro atoms. The molecule has 1 aromatic heterocycles. The van der Waals surface area contributed by atoms with Gasteiger partial charge in [0.25, 0.3) is 0 Å². The van der Waals surface area contributed by atoms with Gasteiger partial charge in [-0.15, -0.1) is 0 Å². The van der Waals surface area contributed by atoms with Crippen LogP contribution in [-0.4, -0.2) is 23.7 Å². The number of likely N-dealkylation sites (tertiary alicyclic amines) is 1. The first-order valence-corrected chi connectivity index (χ1v) is 8.90. The highest BCUT2D eigenvalue weighted by atomic mass is 79.9. The first kappa shape index (κ1) is 16.5. The number of rotatable bonds is 5. The molecule has 124 valence electrons. The Morgan fingerprint density at radius 1 is 1.39 bits per heavy atom. The SMILES string of the molecule is COc1ccc(Br)cc1CN1CCCC1c1cc(C(C)C)on1. The van der Waals surface area contributed by atoms with Gasteiger partial charge in [-0.3, -0.25) is 4.90 Å². The number of nitrogens with zero attached hydrogens (tertiary/aromatic N) is 2. The largest absolute Gasteiger partial charge is 0.496 e. The summed E-state index contributed by atoms with van der Waals surface area (Å²) in [7, 11) is 1.72. The van der Waals surface area contributed by atoms with Gasteiger partial charge in [0.2, 0.25) is 0 Å². The minimum Gasteiger partial charge on any atom is -0.496 e. The fourth-order valence-electron chi connectivity index (χ4n) is 3.17. The topological polar surface area (TPSA) is 38.5 Å². The van der Waals surface area contributed by atoms with Gasteiger partial charge in [-0.1, -0.05) is 34.9 Å². The highest BCUT2D eigenvalue weighted by Crippen LogP contribution is 2.35. The molecular formula is C18H23BrN2O2. The van der Waals surface area contributed by atoms with E-state index in [1.54, 1.807) is 7.11 Å². The van der Waals surface area contributed by atoms with Crippen molar-refractivity contribution < 1.29 is 9.26 Å². The van der Waals surface area contributed by atoms with Crippen LogP contribution in [0, 0.1) is 0 Å². The van der Waals surface area contributed by atoms with Crippen molar-refractivity contribution in [1.82, 2.24) is 10.1 Å². The van der Waals surface area contributed by atoms with Crippen LogP contribution >= 0.6 is 15.9 Å². The predicted molar refractivity (Wildman–Crippen MR) is 93.7 cm³/mol. The maximum Gasteiger partial charge on any atom is 0.139 e. The molecule has 0 N–H and O–H groups in total. The van der Waals surface area contributed by atoms with Crippen LogP contribution in [0.25, 0.3) is 0 Å². The zero-order valence-corrected chi connectivity index (χ0v) is 15.5. The molecule has 0 aliphatic carbocycles. The van der Waals surface area contributed by atoms with Crippen molar-refractivity contribution in [2.45, 2.75) is 45.2 Å². The molecule has 1 aliphatic rings. The molecule has 2 aromatic rings. The Morgan fingerprint density at radius 3 is 2.91 bits per heavy atom. The summed E-state index contributed by atoms with van der Waals surface area (Å²) in [5.74, 6) is 2.27. The molecule has 0 radical (unpaired) electrons. The Kier molecular flexibility index (Phi) is 5.07. The van der Waals surface area contributed by atoms with Gasteiger partial charge in [0.1, 0.15) is 17.2 Å². The van der Waals surface area contributed by atoms with Gasteiger partial charge in [0, 0.05) is 28.6 Å². The molecule has 1 unspecified atom stereocenters. The number of hydrogen-bond donors (Lipinski definition) is 0. The molecule has 1 saturated heterocycles. The third-order valence-electron chi connectivity index (χ3n) is 4.44. The zero-order valence-electron chi connectivity index (χ0n) is 13.9. The van der Waals surface area contributed by atoms with Crippen LogP contribution in [0.4, 0.5) is 0 Å². The third kappa shape index (κ3) is 3.61. The summed E-state index contributed by atoms with van der Waals surface area (Å²) in [5, 5.41) is 4.31. The van der Waals surface area contributed by atoms with Crippen molar-refractivity contribution in [3.8, 4) is 5.75 Å². The molecule has 1 aromatic carbocycles. The summed E-state index contributed by atoms with van der Waals surface area (Å²) in [6.07, 6.45) is 2.31. The van der Waals surface area contributed by atoms with E-state index in [-0.39, 0.29) is 0 Å². The summed E-state index contributed by atoms with van der Waals surface area (Å²) < 4.78 is 12.1. The van der Waals surface area contributed by atoms with Gasteiger partial charge in [0.05, 0.1) is 13.2 Å². The van der Waals surface area contributed by atoms with Crippen LogP contribution in [0.15, 0.2) is 33.3 Å². The second kappa shape index (κ2) is 7.05. The Labute approximate surface area is 145 Å². The Morgan fingerprint density at radius 2 is 2.22 bits per heavy atom. The van der Waals surface area contributed by atoms with E-state index < -0.39 is 0 Å². The zero-order chi connectivity index (χ0) is 16.4. The van der Waals surface area contributed by atoms with Crippen LogP contribution in [0.2, 0.25) is 0 Å². The van der Waals surface area contributed by atoms with E-state index in [0.717, 1.165) is 41.2 Å². The van der Waals surface area contributed by atoms with E-state index in [9.17, 15) is 0 Å². The molecule has 1 fully saturated rings. The van der Waals surface area contributed by atoms with Crippen LogP contribution in [0.3, 0.4) is 0 Å². The lowest BCUT2D eigenvalue weighted by Gasteiger charge is -2.23. The quantitative estimate of drug-likeness (QED) is 0.740. The van der Waals surface area contributed by atoms with Crippen molar-refractivity contribution in [3.05, 3.63) is 45.8 Å². The first-order valence-electron chi connectivity index (χ1n) is 8.11. The van der Waals surface area contributed by atoms with E-state index in [1.165, 1.54) is 12.0 Å². The molecule has 0 amide bonds. The number of ether oxygens (including phenoxy) is 1. The minimum absolute atomic E-state index is 0.329. The summed E-state index contributed by atoms with van der Waals surface area (Å²) in [6, 6.07) is 8.60. The number of halogens is 1. The van der Waals surface area contributed by atoms with Gasteiger partial charge in [-0.2, -0.15) is 0 Å². The standard InChI is InChI=1S/C18H23BrN2O2/c1-12(2)18-10-15(20-23-18)16-5-4-8-21(16)11-13-9-14(19)6-7-17(13)22-3/h6-7,9-10,12,16H,4-5,8,11H2,1-3H3. The smallest absolute Gasteiger partial charge is 0.139 e. The molecule has 3 rings (SSSR count). The molecule has 2 heterocycles. The molecule has 4 nitrogen and oxygen atoms in total. The van der Waals surface area contributed by atoms with E-state index in [1.807, 2.05) is 12.1 Å². The maximum absolute atomic E-state index is 5.51. The number of hydrogen-bond acceptors (Lipinski definition) is 4. The predicted octanol–water partition coefficient (Wildman–Crippen LogP) is 4.91. The Bertz CT molecular complexity index is 669. The average Bonchev–Trinajstić information content (AvgIpc) is 3.16. The lowest BCUT2D eigenvalue weighted by Crippen LogP contribution is -2.23. The lowest BCUT2D eigenvalue weighted by atomic mass is 10.1. The summed E-state index contributed by atoms with van der Waals surface area (Å²) in [4.78, 5) is 2.46. The van der Waals surface area contributed by atoms with Crippen LogP contribution in [0.1, 0.15) is 55.7 Å². The van der Waals surface area contributed by atoms with Crippen molar-refractivity contribution in [3.63, 3.8) is 0 Å². The molecule has 23 heavy (non-hydrogen) atoms. The van der Waals surface area contributed by atoms with Gasteiger partial charge in [-0.25, -0.2) is 0 Å². The molecule has 1 atom stereocenters. The second-order valence-electron chi connectivity index (χ2n) is 6.39. The fourth-order valence-corrected chi connectivity index (χ4v) is 3.58. The van der Waals surface area contributed by atoms with Crippen molar-refractivity contribution in [2.75, 3.05) is 13.7 Å². The van der Waals surface area contributed by atoms with E-state index in [2.05, 4.69) is 52.0 Å². The van der Waals surface area contributed by atoms with Gasteiger partial charge in [-0.05, 0) is 37.6 Å². The lowest BCUT2D eigenvalue weighted by molar-refractivity contribution is 0.233. The second-order valence-corrected chi connectivity index (χ2v) is 7.31. The van der Waals surface area contributed by atoms with Gasteiger partial charge < -0.3 is 9.26 Å². The number of methoxy groups -OCH3 is 1. The normalized spacial score (nSPS) is 18.7. The van der Waals surface area contributed by atoms with Crippen LogP contribution in [-0.2, 0) is 6.54 Å². The van der Waals surface area contributed by atoms with E-state index in [4.69, 9.17) is 9.26 Å². The molecule has 5 heteroatoms. The molecule has 1 aliphatic heterocycles. The molecule has 0 bridgehead atoms. The summed E-state index contributed by atoms with van der Waals surface area (Å²) in [6.45, 7) is 6.19. The van der Waals surface area contributed by atoms with Gasteiger partial charge >= 0.3 is 0 Å². The van der Waals surface area contributed by atoms with Crippen LogP contribution < -0.4 is 4.74 Å². The monoisotopic (exact) mass is 378 g/mol. The Balaban J connectivity index is 1.80. The molecule has 0 saturated carbocycles. The fraction of sp³-hybridized carbons (Fsp3) is 0.500. The highest BCUT2D eigenvalue weighted by molar-refractivity contribution is 9.10. The third-order valence-corrected chi connectivity index (χ3v) is 4.93. The Hall–Kier alpha value is -1.33. The number of aromatic nitrogens is 1. The summed E-state index contributed by atoms with van der Waals surface area (Å²) >= 11 is 3.55. The van der Waals surface area contributed by atoms with Crippen molar-refractivity contribution in [1.29, 1.82) is 0 Å².